The predicted octanol–water partition coefficient (Wildman–Crippen LogP) is 2.68. The minimum Gasteiger partial charge on any atom is -0.348 e. The van der Waals surface area contributed by atoms with Crippen LogP contribution < -0.4 is 10.0 Å². The molecule has 0 radical (unpaired) electrons. The lowest BCUT2D eigenvalue weighted by molar-refractivity contribution is 0.0950. The Morgan fingerprint density at radius 2 is 1.93 bits per heavy atom. The zero-order valence-corrected chi connectivity index (χ0v) is 16.5. The van der Waals surface area contributed by atoms with E-state index >= 15 is 0 Å². The van der Waals surface area contributed by atoms with Gasteiger partial charge < -0.3 is 5.32 Å². The molecular weight excluding hydrogens is 419 g/mol. The Balaban J connectivity index is 1.58. The van der Waals surface area contributed by atoms with E-state index in [1.165, 1.54) is 6.20 Å². The van der Waals surface area contributed by atoms with Crippen LogP contribution in [0.3, 0.4) is 0 Å². The molecule has 0 saturated heterocycles. The number of amides is 1. The van der Waals surface area contributed by atoms with Gasteiger partial charge >= 0.3 is 0 Å². The molecule has 3 aromatic rings. The molecule has 0 aliphatic heterocycles. The van der Waals surface area contributed by atoms with Crippen molar-refractivity contribution in [1.29, 1.82) is 0 Å². The van der Waals surface area contributed by atoms with Crippen LogP contribution in [0.4, 0.5) is 4.39 Å². The third kappa shape index (κ3) is 5.57. The second-order valence-corrected chi connectivity index (χ2v) is 8.16. The van der Waals surface area contributed by atoms with Crippen LogP contribution in [0.1, 0.15) is 21.6 Å². The molecule has 0 fully saturated rings. The Morgan fingerprint density at radius 3 is 2.59 bits per heavy atom. The van der Waals surface area contributed by atoms with Crippen LogP contribution in [0.15, 0.2) is 66.0 Å². The SMILES string of the molecule is O=C(NCc1cccnc1)c1ccc(CNS(=O)(=O)c2ccc(F)c(Cl)c2)nc1. The summed E-state index contributed by atoms with van der Waals surface area (Å²) in [5.41, 5.74) is 1.61. The number of sulfonamides is 1. The fourth-order valence-corrected chi connectivity index (χ4v) is 3.62. The van der Waals surface area contributed by atoms with Gasteiger partial charge in [-0.2, -0.15) is 0 Å². The summed E-state index contributed by atoms with van der Waals surface area (Å²) in [7, 11) is -3.89. The highest BCUT2D eigenvalue weighted by Crippen LogP contribution is 2.19. The molecule has 0 saturated carbocycles. The zero-order chi connectivity index (χ0) is 20.9. The number of nitrogens with zero attached hydrogens (tertiary/aromatic N) is 2. The van der Waals surface area contributed by atoms with Gasteiger partial charge in [0.15, 0.2) is 0 Å². The van der Waals surface area contributed by atoms with Gasteiger partial charge in [0.25, 0.3) is 5.91 Å². The first kappa shape index (κ1) is 20.8. The molecule has 0 aliphatic rings. The first-order chi connectivity index (χ1) is 13.8. The van der Waals surface area contributed by atoms with Crippen molar-refractivity contribution in [2.45, 2.75) is 18.0 Å². The van der Waals surface area contributed by atoms with Crippen molar-refractivity contribution in [3.05, 3.63) is 88.7 Å². The van der Waals surface area contributed by atoms with E-state index in [0.717, 1.165) is 23.8 Å². The largest absolute Gasteiger partial charge is 0.348 e. The molecule has 2 heterocycles. The lowest BCUT2D eigenvalue weighted by atomic mass is 10.2. The van der Waals surface area contributed by atoms with Crippen molar-refractivity contribution in [3.8, 4) is 0 Å². The highest BCUT2D eigenvalue weighted by atomic mass is 35.5. The maximum Gasteiger partial charge on any atom is 0.253 e. The van der Waals surface area contributed by atoms with Gasteiger partial charge in [0, 0.05) is 25.1 Å². The first-order valence-electron chi connectivity index (χ1n) is 8.42. The maximum absolute atomic E-state index is 13.2. The average molecular weight is 435 g/mol. The maximum atomic E-state index is 13.2. The summed E-state index contributed by atoms with van der Waals surface area (Å²) >= 11 is 5.63. The summed E-state index contributed by atoms with van der Waals surface area (Å²) in [6.07, 6.45) is 4.66. The number of aromatic nitrogens is 2. The molecule has 7 nitrogen and oxygen atoms in total. The van der Waals surface area contributed by atoms with Crippen LogP contribution in [0.2, 0.25) is 5.02 Å². The number of halogens is 2. The van der Waals surface area contributed by atoms with Gasteiger partial charge in [-0.25, -0.2) is 17.5 Å². The molecule has 3 rings (SSSR count). The number of benzene rings is 1. The van der Waals surface area contributed by atoms with E-state index in [9.17, 15) is 17.6 Å². The summed E-state index contributed by atoms with van der Waals surface area (Å²) in [6.45, 7) is 0.226. The molecule has 0 atom stereocenters. The van der Waals surface area contributed by atoms with Crippen LogP contribution >= 0.6 is 11.6 Å². The Labute approximate surface area is 172 Å². The molecule has 0 aliphatic carbocycles. The molecule has 1 aromatic carbocycles. The minimum absolute atomic E-state index is 0.102. The third-order valence-corrected chi connectivity index (χ3v) is 5.60. The second kappa shape index (κ2) is 9.08. The van der Waals surface area contributed by atoms with E-state index in [2.05, 4.69) is 20.0 Å². The molecule has 0 bridgehead atoms. The standard InChI is InChI=1S/C19H16ClFN4O3S/c20-17-8-16(5-6-18(17)21)29(27,28)25-12-15-4-3-14(11-23-15)19(26)24-10-13-2-1-7-22-9-13/h1-9,11,25H,10,12H2,(H,24,26). The third-order valence-electron chi connectivity index (χ3n) is 3.91. The van der Waals surface area contributed by atoms with E-state index in [1.54, 1.807) is 30.6 Å². The van der Waals surface area contributed by atoms with E-state index < -0.39 is 15.8 Å². The zero-order valence-electron chi connectivity index (χ0n) is 15.0. The summed E-state index contributed by atoms with van der Waals surface area (Å²) in [5, 5.41) is 2.46. The van der Waals surface area contributed by atoms with Gasteiger partial charge in [0.2, 0.25) is 10.0 Å². The molecule has 1 amide bonds. The Kier molecular flexibility index (Phi) is 6.53. The summed E-state index contributed by atoms with van der Waals surface area (Å²) in [5.74, 6) is -1.01. The molecule has 2 N–H and O–H groups in total. The number of hydrogen-bond acceptors (Lipinski definition) is 5. The van der Waals surface area contributed by atoms with Crippen LogP contribution in [-0.4, -0.2) is 24.3 Å². The Morgan fingerprint density at radius 1 is 1.10 bits per heavy atom. The minimum atomic E-state index is -3.89. The average Bonchev–Trinajstić information content (AvgIpc) is 2.73. The van der Waals surface area contributed by atoms with Crippen molar-refractivity contribution < 1.29 is 17.6 Å². The summed E-state index contributed by atoms with van der Waals surface area (Å²) in [6, 6.07) is 9.83. The number of pyridine rings is 2. The van der Waals surface area contributed by atoms with Gasteiger partial charge in [-0.15, -0.1) is 0 Å². The lowest BCUT2D eigenvalue weighted by Crippen LogP contribution is -2.25. The summed E-state index contributed by atoms with van der Waals surface area (Å²) < 4.78 is 40.1. The smallest absolute Gasteiger partial charge is 0.253 e. The van der Waals surface area contributed by atoms with Gasteiger partial charge in [0.1, 0.15) is 5.82 Å². The number of hydrogen-bond donors (Lipinski definition) is 2. The van der Waals surface area contributed by atoms with Crippen molar-refractivity contribution in [2.75, 3.05) is 0 Å². The lowest BCUT2D eigenvalue weighted by Gasteiger charge is -2.08. The van der Waals surface area contributed by atoms with E-state index in [1.807, 2.05) is 6.07 Å². The van der Waals surface area contributed by atoms with Crippen molar-refractivity contribution >= 4 is 27.5 Å². The van der Waals surface area contributed by atoms with E-state index in [-0.39, 0.29) is 22.4 Å². The highest BCUT2D eigenvalue weighted by Gasteiger charge is 2.16. The van der Waals surface area contributed by atoms with Crippen LogP contribution in [0, 0.1) is 5.82 Å². The molecule has 0 unspecified atom stereocenters. The van der Waals surface area contributed by atoms with Crippen LogP contribution in [-0.2, 0) is 23.1 Å². The van der Waals surface area contributed by atoms with Crippen molar-refractivity contribution in [3.63, 3.8) is 0 Å². The van der Waals surface area contributed by atoms with Crippen LogP contribution in [0.25, 0.3) is 0 Å². The van der Waals surface area contributed by atoms with Gasteiger partial charge in [0.05, 0.1) is 27.7 Å². The Bertz CT molecular complexity index is 1110. The van der Waals surface area contributed by atoms with E-state index in [0.29, 0.717) is 17.8 Å². The highest BCUT2D eigenvalue weighted by molar-refractivity contribution is 7.89. The Hall–Kier alpha value is -2.88. The molecular formula is C19H16ClFN4O3S. The molecule has 10 heteroatoms. The number of rotatable bonds is 7. The quantitative estimate of drug-likeness (QED) is 0.595. The molecule has 2 aromatic heterocycles. The van der Waals surface area contributed by atoms with Crippen molar-refractivity contribution in [2.24, 2.45) is 0 Å². The number of carbonyl (C=O) groups excluding carboxylic acids is 1. The van der Waals surface area contributed by atoms with Crippen LogP contribution in [0.5, 0.6) is 0 Å². The second-order valence-electron chi connectivity index (χ2n) is 5.98. The van der Waals surface area contributed by atoms with Gasteiger partial charge in [-0.1, -0.05) is 17.7 Å². The van der Waals surface area contributed by atoms with Crippen molar-refractivity contribution in [1.82, 2.24) is 20.0 Å². The summed E-state index contributed by atoms with van der Waals surface area (Å²) in [4.78, 5) is 20.1. The topological polar surface area (TPSA) is 101 Å². The van der Waals surface area contributed by atoms with Gasteiger partial charge in [-0.05, 0) is 42.0 Å². The fourth-order valence-electron chi connectivity index (χ4n) is 2.35. The van der Waals surface area contributed by atoms with Gasteiger partial charge in [-0.3, -0.25) is 14.8 Å². The normalized spacial score (nSPS) is 11.2. The fraction of sp³-hybridized carbons (Fsp3) is 0.105. The number of carbonyl (C=O) groups is 1. The van der Waals surface area contributed by atoms with E-state index in [4.69, 9.17) is 11.6 Å². The number of nitrogens with one attached hydrogen (secondary N) is 2. The molecule has 150 valence electrons. The monoisotopic (exact) mass is 434 g/mol. The first-order valence-corrected chi connectivity index (χ1v) is 10.3. The predicted molar refractivity (Wildman–Crippen MR) is 105 cm³/mol. The molecule has 0 spiro atoms. The molecule has 29 heavy (non-hydrogen) atoms.